The van der Waals surface area contributed by atoms with Gasteiger partial charge in [0, 0.05) is 49.9 Å². The lowest BCUT2D eigenvalue weighted by Gasteiger charge is -2.26. The summed E-state index contributed by atoms with van der Waals surface area (Å²) in [6.07, 6.45) is 8.24. The van der Waals surface area contributed by atoms with Crippen LogP contribution in [0.5, 0.6) is 0 Å². The van der Waals surface area contributed by atoms with E-state index in [0.717, 1.165) is 49.0 Å². The maximum absolute atomic E-state index is 5.95. The van der Waals surface area contributed by atoms with Crippen molar-refractivity contribution in [1.82, 2.24) is 25.0 Å². The van der Waals surface area contributed by atoms with E-state index in [1.54, 1.807) is 0 Å². The Hall–Kier alpha value is -2.44. The number of furan rings is 1. The molecule has 4 heterocycles. The fraction of sp³-hybridized carbons (Fsp3) is 0.429. The molecule has 0 radical (unpaired) electrons. The Morgan fingerprint density at radius 2 is 1.93 bits per heavy atom. The summed E-state index contributed by atoms with van der Waals surface area (Å²) < 4.78 is 7.83. The lowest BCUT2D eigenvalue weighted by Crippen LogP contribution is -2.33. The minimum Gasteiger partial charge on any atom is -0.465 e. The molecular formula is C21H27N5O. The summed E-state index contributed by atoms with van der Waals surface area (Å²) in [4.78, 5) is 6.63. The van der Waals surface area contributed by atoms with Crippen LogP contribution in [0.25, 0.3) is 11.3 Å². The first-order valence-electron chi connectivity index (χ1n) is 9.65. The summed E-state index contributed by atoms with van der Waals surface area (Å²) in [5.74, 6) is 2.03. The first kappa shape index (κ1) is 17.9. The van der Waals surface area contributed by atoms with Crippen molar-refractivity contribution in [2.24, 2.45) is 7.05 Å². The Bertz CT molecular complexity index is 864. The van der Waals surface area contributed by atoms with E-state index in [-0.39, 0.29) is 6.04 Å². The molecule has 27 heavy (non-hydrogen) atoms. The first-order chi connectivity index (χ1) is 13.2. The first-order valence-corrected chi connectivity index (χ1v) is 9.65. The molecule has 0 spiro atoms. The Morgan fingerprint density at radius 1 is 1.15 bits per heavy atom. The van der Waals surface area contributed by atoms with Gasteiger partial charge in [0.05, 0.1) is 11.7 Å². The Balaban J connectivity index is 1.46. The second-order valence-corrected chi connectivity index (χ2v) is 7.25. The van der Waals surface area contributed by atoms with Gasteiger partial charge in [-0.3, -0.25) is 14.6 Å². The van der Waals surface area contributed by atoms with Gasteiger partial charge in [-0.1, -0.05) is 0 Å². The van der Waals surface area contributed by atoms with E-state index in [9.17, 15) is 0 Å². The van der Waals surface area contributed by atoms with E-state index in [4.69, 9.17) is 4.42 Å². The van der Waals surface area contributed by atoms with Gasteiger partial charge < -0.3 is 9.73 Å². The molecule has 3 aromatic rings. The smallest absolute Gasteiger partial charge is 0.122 e. The van der Waals surface area contributed by atoms with Crippen LogP contribution in [-0.4, -0.2) is 39.3 Å². The van der Waals surface area contributed by atoms with Crippen molar-refractivity contribution in [3.8, 4) is 11.3 Å². The number of likely N-dealkylation sites (tertiary alicyclic amines) is 1. The summed E-state index contributed by atoms with van der Waals surface area (Å²) >= 11 is 0. The molecule has 3 aromatic heterocycles. The molecule has 1 unspecified atom stereocenters. The fourth-order valence-electron chi connectivity index (χ4n) is 3.86. The van der Waals surface area contributed by atoms with Gasteiger partial charge in [0.1, 0.15) is 11.5 Å². The van der Waals surface area contributed by atoms with Crippen LogP contribution in [-0.2, 0) is 13.6 Å². The Kier molecular flexibility index (Phi) is 5.36. The SMILES string of the molecule is Cc1ccc(C(CNCc2cn(C)nc2-c2ccncc2)N2CCCC2)o1. The largest absolute Gasteiger partial charge is 0.465 e. The third-order valence-electron chi connectivity index (χ3n) is 5.18. The van der Waals surface area contributed by atoms with Crippen molar-refractivity contribution in [2.75, 3.05) is 19.6 Å². The second-order valence-electron chi connectivity index (χ2n) is 7.25. The number of aryl methyl sites for hydroxylation is 2. The molecule has 6 nitrogen and oxygen atoms in total. The lowest BCUT2D eigenvalue weighted by molar-refractivity contribution is 0.207. The van der Waals surface area contributed by atoms with Crippen LogP contribution in [0.3, 0.4) is 0 Å². The van der Waals surface area contributed by atoms with Gasteiger partial charge in [-0.05, 0) is 57.1 Å². The van der Waals surface area contributed by atoms with E-state index in [1.165, 1.54) is 18.4 Å². The minimum absolute atomic E-state index is 0.280. The van der Waals surface area contributed by atoms with E-state index >= 15 is 0 Å². The molecule has 0 aromatic carbocycles. The molecule has 0 saturated carbocycles. The number of pyridine rings is 1. The van der Waals surface area contributed by atoms with Crippen LogP contribution in [0.15, 0.2) is 47.3 Å². The van der Waals surface area contributed by atoms with E-state index < -0.39 is 0 Å². The number of aromatic nitrogens is 3. The molecule has 1 atom stereocenters. The van der Waals surface area contributed by atoms with Crippen molar-refractivity contribution >= 4 is 0 Å². The third-order valence-corrected chi connectivity index (χ3v) is 5.18. The highest BCUT2D eigenvalue weighted by Crippen LogP contribution is 2.27. The van der Waals surface area contributed by atoms with Crippen molar-refractivity contribution in [1.29, 1.82) is 0 Å². The molecule has 1 fully saturated rings. The maximum atomic E-state index is 5.95. The predicted octanol–water partition coefficient (Wildman–Crippen LogP) is 3.31. The van der Waals surface area contributed by atoms with Gasteiger partial charge in [0.2, 0.25) is 0 Å². The zero-order chi connectivity index (χ0) is 18.6. The summed E-state index contributed by atoms with van der Waals surface area (Å²) in [5.41, 5.74) is 3.30. The molecule has 1 saturated heterocycles. The fourth-order valence-corrected chi connectivity index (χ4v) is 3.86. The summed E-state index contributed by atoms with van der Waals surface area (Å²) in [6.45, 7) is 5.92. The Labute approximate surface area is 160 Å². The summed E-state index contributed by atoms with van der Waals surface area (Å²) in [7, 11) is 1.97. The van der Waals surface area contributed by atoms with Gasteiger partial charge in [0.25, 0.3) is 0 Å². The van der Waals surface area contributed by atoms with Crippen LogP contribution >= 0.6 is 0 Å². The predicted molar refractivity (Wildman–Crippen MR) is 105 cm³/mol. The van der Waals surface area contributed by atoms with Crippen molar-refractivity contribution < 1.29 is 4.42 Å². The average Bonchev–Trinajstić information content (AvgIpc) is 3.41. The van der Waals surface area contributed by atoms with Crippen LogP contribution in [0, 0.1) is 6.92 Å². The molecule has 0 amide bonds. The topological polar surface area (TPSA) is 59.1 Å². The number of hydrogen-bond donors (Lipinski definition) is 1. The zero-order valence-electron chi connectivity index (χ0n) is 16.1. The van der Waals surface area contributed by atoms with E-state index in [2.05, 4.69) is 38.6 Å². The summed E-state index contributed by atoms with van der Waals surface area (Å²) in [5, 5.41) is 8.28. The second kappa shape index (κ2) is 8.06. The van der Waals surface area contributed by atoms with Crippen LogP contribution in [0.1, 0.15) is 36.0 Å². The van der Waals surface area contributed by atoms with E-state index in [1.807, 2.05) is 43.2 Å². The Morgan fingerprint density at radius 3 is 2.63 bits per heavy atom. The monoisotopic (exact) mass is 365 g/mol. The summed E-state index contributed by atoms with van der Waals surface area (Å²) in [6, 6.07) is 8.46. The van der Waals surface area contributed by atoms with Crippen LogP contribution in [0.2, 0.25) is 0 Å². The lowest BCUT2D eigenvalue weighted by atomic mass is 10.1. The molecular weight excluding hydrogens is 338 g/mol. The van der Waals surface area contributed by atoms with E-state index in [0.29, 0.717) is 0 Å². The van der Waals surface area contributed by atoms with Gasteiger partial charge in [0.15, 0.2) is 0 Å². The molecule has 1 aliphatic rings. The van der Waals surface area contributed by atoms with Crippen LogP contribution < -0.4 is 5.32 Å². The third kappa shape index (κ3) is 4.12. The van der Waals surface area contributed by atoms with Crippen molar-refractivity contribution in [2.45, 2.75) is 32.4 Å². The highest BCUT2D eigenvalue weighted by Gasteiger charge is 2.25. The molecule has 4 rings (SSSR count). The minimum atomic E-state index is 0.280. The van der Waals surface area contributed by atoms with Gasteiger partial charge >= 0.3 is 0 Å². The molecule has 6 heteroatoms. The molecule has 1 aliphatic heterocycles. The standard InChI is InChI=1S/C21H27N5O/c1-16-5-6-20(27-16)19(26-11-3-4-12-26)14-23-13-18-15-25(2)24-21(18)17-7-9-22-10-8-17/h5-10,15,19,23H,3-4,11-14H2,1-2H3. The molecule has 0 aliphatic carbocycles. The molecule has 0 bridgehead atoms. The normalized spacial score (nSPS) is 16.1. The number of rotatable bonds is 7. The quantitative estimate of drug-likeness (QED) is 0.696. The number of nitrogens with one attached hydrogen (secondary N) is 1. The van der Waals surface area contributed by atoms with Gasteiger partial charge in [-0.15, -0.1) is 0 Å². The number of nitrogens with zero attached hydrogens (tertiary/aromatic N) is 4. The maximum Gasteiger partial charge on any atom is 0.122 e. The highest BCUT2D eigenvalue weighted by molar-refractivity contribution is 5.61. The van der Waals surface area contributed by atoms with Crippen molar-refractivity contribution in [3.63, 3.8) is 0 Å². The van der Waals surface area contributed by atoms with Gasteiger partial charge in [-0.2, -0.15) is 5.10 Å². The van der Waals surface area contributed by atoms with Gasteiger partial charge in [-0.25, -0.2) is 0 Å². The zero-order valence-corrected chi connectivity index (χ0v) is 16.1. The number of hydrogen-bond acceptors (Lipinski definition) is 5. The highest BCUT2D eigenvalue weighted by atomic mass is 16.3. The van der Waals surface area contributed by atoms with Crippen LogP contribution in [0.4, 0.5) is 0 Å². The van der Waals surface area contributed by atoms with Crippen molar-refractivity contribution in [3.05, 3.63) is 59.9 Å². The average molecular weight is 365 g/mol. The molecule has 142 valence electrons. The molecule has 1 N–H and O–H groups in total.